The first-order valence-corrected chi connectivity index (χ1v) is 23.0. The minimum Gasteiger partial charge on any atom is -0.296 e. The molecule has 0 unspecified atom stereocenters. The van der Waals surface area contributed by atoms with Crippen molar-refractivity contribution in [1.82, 2.24) is 9.97 Å². The topological polar surface area (TPSA) is 32.3 Å². The molecule has 0 N–H and O–H groups in total. The number of rotatable bonds is 2. The smallest absolute Gasteiger partial charge is 0.256 e. The van der Waals surface area contributed by atoms with Gasteiger partial charge in [-0.2, -0.15) is 0 Å². The fourth-order valence-corrected chi connectivity index (χ4v) is 11.4. The van der Waals surface area contributed by atoms with Crippen molar-refractivity contribution in [3.8, 4) is 0 Å². The van der Waals surface area contributed by atoms with E-state index in [2.05, 4.69) is 186 Å². The highest BCUT2D eigenvalue weighted by Crippen LogP contribution is 2.51. The Morgan fingerprint density at radius 2 is 0.933 bits per heavy atom. The van der Waals surface area contributed by atoms with Crippen LogP contribution < -0.4 is 26.2 Å². The van der Waals surface area contributed by atoms with E-state index in [1.165, 1.54) is 105 Å². The van der Waals surface area contributed by atoms with Crippen LogP contribution in [0.3, 0.4) is 0 Å². The van der Waals surface area contributed by atoms with Crippen LogP contribution in [0.2, 0.25) is 0 Å². The summed E-state index contributed by atoms with van der Waals surface area (Å²) >= 11 is 0. The third-order valence-corrected chi connectivity index (χ3v) is 15.3. The predicted molar refractivity (Wildman–Crippen MR) is 258 cm³/mol. The van der Waals surface area contributed by atoms with Crippen molar-refractivity contribution in [2.24, 2.45) is 0 Å². The van der Waals surface area contributed by atoms with E-state index in [1.54, 1.807) is 0 Å². The van der Waals surface area contributed by atoms with Gasteiger partial charge in [0.1, 0.15) is 17.5 Å². The van der Waals surface area contributed by atoms with Gasteiger partial charge in [-0.15, -0.1) is 0 Å². The van der Waals surface area contributed by atoms with Crippen LogP contribution in [0.25, 0.3) is 0 Å². The maximum absolute atomic E-state index is 5.56. The van der Waals surface area contributed by atoms with Gasteiger partial charge < -0.3 is 0 Å². The van der Waals surface area contributed by atoms with Crippen molar-refractivity contribution in [2.75, 3.05) is 9.80 Å². The lowest BCUT2D eigenvalue weighted by molar-refractivity contribution is 0.433. The third kappa shape index (κ3) is 6.46. The van der Waals surface area contributed by atoms with E-state index in [0.29, 0.717) is 0 Å². The van der Waals surface area contributed by atoms with Gasteiger partial charge in [0.2, 0.25) is 0 Å². The second kappa shape index (κ2) is 13.3. The van der Waals surface area contributed by atoms with Crippen LogP contribution in [-0.4, -0.2) is 16.7 Å². The van der Waals surface area contributed by atoms with Gasteiger partial charge in [-0.3, -0.25) is 9.80 Å². The zero-order valence-corrected chi connectivity index (χ0v) is 39.5. The molecule has 4 aromatic carbocycles. The molecule has 2 aliphatic carbocycles. The summed E-state index contributed by atoms with van der Waals surface area (Å²) in [6.07, 6.45) is 7.19. The number of fused-ring (bicyclic) bond motifs is 6. The molecule has 5 heteroatoms. The Morgan fingerprint density at radius 1 is 0.483 bits per heavy atom. The number of benzene rings is 4. The van der Waals surface area contributed by atoms with Gasteiger partial charge in [0, 0.05) is 28.2 Å². The Hall–Kier alpha value is -4.38. The van der Waals surface area contributed by atoms with Gasteiger partial charge in [0.15, 0.2) is 0 Å². The molecule has 0 radical (unpaired) electrons. The van der Waals surface area contributed by atoms with E-state index in [4.69, 9.17) is 9.97 Å². The molecule has 3 heterocycles. The molecule has 60 heavy (non-hydrogen) atoms. The highest BCUT2D eigenvalue weighted by molar-refractivity contribution is 7.00. The van der Waals surface area contributed by atoms with Crippen LogP contribution in [0, 0.1) is 6.92 Å². The lowest BCUT2D eigenvalue weighted by atomic mass is 9.33. The van der Waals surface area contributed by atoms with Crippen molar-refractivity contribution in [2.45, 2.75) is 175 Å². The summed E-state index contributed by atoms with van der Waals surface area (Å²) in [6.45, 7) is 35.7. The van der Waals surface area contributed by atoms with E-state index in [1.807, 2.05) is 0 Å². The molecule has 0 saturated carbocycles. The van der Waals surface area contributed by atoms with Gasteiger partial charge in [-0.05, 0) is 146 Å². The Bertz CT molecular complexity index is 2540. The van der Waals surface area contributed by atoms with E-state index in [9.17, 15) is 0 Å². The van der Waals surface area contributed by atoms with Gasteiger partial charge in [-0.1, -0.05) is 146 Å². The fraction of sp³-hybridized carbons (Fsp3) is 0.491. The summed E-state index contributed by atoms with van der Waals surface area (Å²) < 4.78 is 0. The Labute approximate surface area is 362 Å². The number of anilines is 6. The number of aryl methyl sites for hydroxylation is 1. The summed E-state index contributed by atoms with van der Waals surface area (Å²) in [5.74, 6) is 2.78. The zero-order valence-electron chi connectivity index (χ0n) is 39.5. The lowest BCUT2D eigenvalue weighted by Gasteiger charge is -2.44. The van der Waals surface area contributed by atoms with E-state index in [-0.39, 0.29) is 39.2 Å². The molecule has 4 aliphatic rings. The standard InChI is InChI=1S/C55H69BN4/c1-34-57-48-47-49(58-34)60(38-23-24-39-40(31-38)53(10,11)27-16-26-52(39,8)9)46-33-42-41(54(12,13)28-17-29-55(42,14)15)32-44(46)56(47)43-30-36(51(5,6)7)20-25-45(43)59(48)37-21-18-35(19-22-37)50(2,3)4/h18-25,30-33H,16-17,26-29H2,1-15H3. The molecule has 9 rings (SSSR count). The summed E-state index contributed by atoms with van der Waals surface area (Å²) in [6, 6.07) is 29.2. The molecule has 0 saturated heterocycles. The van der Waals surface area contributed by atoms with Crippen LogP contribution in [0.15, 0.2) is 72.8 Å². The average molecular weight is 797 g/mol. The molecular weight excluding hydrogens is 727 g/mol. The van der Waals surface area contributed by atoms with E-state index >= 15 is 0 Å². The van der Waals surface area contributed by atoms with Crippen LogP contribution in [0.1, 0.15) is 175 Å². The maximum atomic E-state index is 5.56. The van der Waals surface area contributed by atoms with Crippen LogP contribution in [0.4, 0.5) is 34.4 Å². The summed E-state index contributed by atoms with van der Waals surface area (Å²) in [4.78, 5) is 16.0. The molecule has 0 fully saturated rings. The molecule has 0 atom stereocenters. The summed E-state index contributed by atoms with van der Waals surface area (Å²) in [7, 11) is 0. The highest BCUT2D eigenvalue weighted by atomic mass is 15.3. The maximum Gasteiger partial charge on any atom is 0.256 e. The number of hydrogen-bond acceptors (Lipinski definition) is 4. The number of nitrogens with zero attached hydrogens (tertiary/aromatic N) is 4. The average Bonchev–Trinajstić information content (AvgIpc) is 3.30. The molecule has 0 bridgehead atoms. The van der Waals surface area contributed by atoms with E-state index in [0.717, 1.165) is 23.1 Å². The fourth-order valence-electron chi connectivity index (χ4n) is 11.4. The number of hydrogen-bond donors (Lipinski definition) is 0. The molecule has 1 aromatic heterocycles. The Kier molecular flexibility index (Phi) is 9.10. The first-order chi connectivity index (χ1) is 27.9. The van der Waals surface area contributed by atoms with Crippen molar-refractivity contribution in [1.29, 1.82) is 0 Å². The normalized spacial score (nSPS) is 19.6. The second-order valence-corrected chi connectivity index (χ2v) is 23.7. The predicted octanol–water partition coefficient (Wildman–Crippen LogP) is 12.9. The monoisotopic (exact) mass is 797 g/mol. The first-order valence-electron chi connectivity index (χ1n) is 23.0. The third-order valence-electron chi connectivity index (χ3n) is 15.3. The molecule has 312 valence electrons. The molecule has 0 spiro atoms. The molecule has 5 aromatic rings. The first kappa shape index (κ1) is 41.0. The minimum absolute atomic E-state index is 0.0210. The van der Waals surface area contributed by atoms with Crippen LogP contribution in [-0.2, 0) is 32.5 Å². The minimum atomic E-state index is -0.0343. The van der Waals surface area contributed by atoms with E-state index < -0.39 is 0 Å². The summed E-state index contributed by atoms with van der Waals surface area (Å²) in [5.41, 5.74) is 17.6. The van der Waals surface area contributed by atoms with Crippen LogP contribution >= 0.6 is 0 Å². The Balaban J connectivity index is 1.40. The molecule has 2 aliphatic heterocycles. The second-order valence-electron chi connectivity index (χ2n) is 23.7. The van der Waals surface area contributed by atoms with Crippen LogP contribution in [0.5, 0.6) is 0 Å². The van der Waals surface area contributed by atoms with Crippen molar-refractivity contribution in [3.05, 3.63) is 112 Å². The van der Waals surface area contributed by atoms with Crippen molar-refractivity contribution in [3.63, 3.8) is 0 Å². The van der Waals surface area contributed by atoms with Gasteiger partial charge >= 0.3 is 0 Å². The lowest BCUT2D eigenvalue weighted by Crippen LogP contribution is -2.62. The van der Waals surface area contributed by atoms with Crippen molar-refractivity contribution >= 4 is 57.5 Å². The quantitative estimate of drug-likeness (QED) is 0.129. The SMILES string of the molecule is Cc1nc2c3c(n1)N(c1ccc4c(c1)C(C)(C)CCCC4(C)C)c1cc4c(cc1B3c1cc(C(C)(C)C)ccc1N2c1ccc(C(C)(C)C)cc1)C(C)(C)CCCC4(C)C. The van der Waals surface area contributed by atoms with Crippen molar-refractivity contribution < 1.29 is 0 Å². The number of aromatic nitrogens is 2. The molecular formula is C55H69BN4. The summed E-state index contributed by atoms with van der Waals surface area (Å²) in [5, 5.41) is 0. The Morgan fingerprint density at radius 3 is 1.48 bits per heavy atom. The zero-order chi connectivity index (χ0) is 43.1. The highest BCUT2D eigenvalue weighted by Gasteiger charge is 2.48. The molecule has 0 amide bonds. The van der Waals surface area contributed by atoms with Gasteiger partial charge in [0.05, 0.1) is 0 Å². The molecule has 4 nitrogen and oxygen atoms in total. The van der Waals surface area contributed by atoms with Gasteiger partial charge in [0.25, 0.3) is 6.71 Å². The largest absolute Gasteiger partial charge is 0.296 e. The van der Waals surface area contributed by atoms with Gasteiger partial charge in [-0.25, -0.2) is 9.97 Å².